The summed E-state index contributed by atoms with van der Waals surface area (Å²) in [5.74, 6) is -0.416. The maximum atomic E-state index is 11.8. The van der Waals surface area contributed by atoms with E-state index < -0.39 is 4.92 Å². The first-order valence-corrected chi connectivity index (χ1v) is 6.18. The van der Waals surface area contributed by atoms with E-state index in [2.05, 4.69) is 10.4 Å². The van der Waals surface area contributed by atoms with Gasteiger partial charge in [0.1, 0.15) is 6.54 Å². The lowest BCUT2D eigenvalue weighted by atomic mass is 10.1. The van der Waals surface area contributed by atoms with Crippen molar-refractivity contribution in [2.24, 2.45) is 5.92 Å². The minimum absolute atomic E-state index is 0.0111. The Morgan fingerprint density at radius 3 is 3.05 bits per heavy atom. The Kier molecular flexibility index (Phi) is 4.10. The molecule has 1 aromatic heterocycles. The summed E-state index contributed by atoms with van der Waals surface area (Å²) < 4.78 is 1.23. The lowest BCUT2D eigenvalue weighted by molar-refractivity contribution is -0.389. The van der Waals surface area contributed by atoms with Gasteiger partial charge in [-0.1, -0.05) is 6.42 Å². The molecule has 1 aromatic rings. The lowest BCUT2D eigenvalue weighted by Gasteiger charge is -2.18. The number of nitrogens with one attached hydrogen (secondary N) is 1. The molecule has 1 heterocycles. The molecule has 1 amide bonds. The summed E-state index contributed by atoms with van der Waals surface area (Å²) in [5.41, 5.74) is 0. The zero-order valence-corrected chi connectivity index (χ0v) is 10.4. The summed E-state index contributed by atoms with van der Waals surface area (Å²) in [6.45, 7) is 0.0146. The first-order valence-electron chi connectivity index (χ1n) is 6.18. The van der Waals surface area contributed by atoms with Gasteiger partial charge in [-0.05, 0) is 17.8 Å². The van der Waals surface area contributed by atoms with Gasteiger partial charge < -0.3 is 20.5 Å². The third-order valence-corrected chi connectivity index (χ3v) is 3.36. The van der Waals surface area contributed by atoms with Gasteiger partial charge in [-0.2, -0.15) is 4.68 Å². The number of hydrogen-bond acceptors (Lipinski definition) is 5. The molecular formula is C11H16N4O4. The molecule has 0 spiro atoms. The normalized spacial score (nSPS) is 22.4. The summed E-state index contributed by atoms with van der Waals surface area (Å²) in [6, 6.07) is 1.24. The van der Waals surface area contributed by atoms with Crippen LogP contribution in [-0.4, -0.2) is 38.4 Å². The Balaban J connectivity index is 1.88. The van der Waals surface area contributed by atoms with Crippen molar-refractivity contribution in [2.45, 2.75) is 31.8 Å². The molecule has 8 nitrogen and oxygen atoms in total. The molecule has 0 aliphatic heterocycles. The Bertz CT molecular complexity index is 473. The summed E-state index contributed by atoms with van der Waals surface area (Å²) >= 11 is 0. The van der Waals surface area contributed by atoms with E-state index in [0.29, 0.717) is 0 Å². The van der Waals surface area contributed by atoms with Crippen LogP contribution in [0.5, 0.6) is 0 Å². The van der Waals surface area contributed by atoms with Gasteiger partial charge in [-0.15, -0.1) is 0 Å². The first-order chi connectivity index (χ1) is 9.10. The molecule has 0 aromatic carbocycles. The average Bonchev–Trinajstić information content (AvgIpc) is 2.97. The van der Waals surface area contributed by atoms with Crippen LogP contribution in [0.1, 0.15) is 19.3 Å². The van der Waals surface area contributed by atoms with Crippen LogP contribution < -0.4 is 5.32 Å². The zero-order valence-electron chi connectivity index (χ0n) is 10.4. The molecule has 19 heavy (non-hydrogen) atoms. The SMILES string of the molecule is O=C(Cn1ccc([N+](=O)[O-])n1)NC1CCCC1CO. The number of aliphatic hydroxyl groups excluding tert-OH is 1. The molecule has 2 atom stereocenters. The topological polar surface area (TPSA) is 110 Å². The fourth-order valence-corrected chi connectivity index (χ4v) is 2.38. The van der Waals surface area contributed by atoms with E-state index >= 15 is 0 Å². The molecule has 1 aliphatic rings. The van der Waals surface area contributed by atoms with E-state index in [1.54, 1.807) is 0 Å². The number of nitrogens with zero attached hydrogens (tertiary/aromatic N) is 3. The fraction of sp³-hybridized carbons (Fsp3) is 0.636. The van der Waals surface area contributed by atoms with E-state index in [0.717, 1.165) is 19.3 Å². The lowest BCUT2D eigenvalue weighted by Crippen LogP contribution is -2.40. The Labute approximate surface area is 109 Å². The molecule has 104 valence electrons. The highest BCUT2D eigenvalue weighted by molar-refractivity contribution is 5.76. The summed E-state index contributed by atoms with van der Waals surface area (Å²) in [6.07, 6.45) is 4.16. The van der Waals surface area contributed by atoms with Crippen molar-refractivity contribution in [3.05, 3.63) is 22.4 Å². The van der Waals surface area contributed by atoms with Gasteiger partial charge in [-0.25, -0.2) is 0 Å². The van der Waals surface area contributed by atoms with Crippen molar-refractivity contribution in [3.8, 4) is 0 Å². The van der Waals surface area contributed by atoms with E-state index in [1.165, 1.54) is 16.9 Å². The van der Waals surface area contributed by atoms with Crippen LogP contribution in [0.4, 0.5) is 5.82 Å². The molecule has 8 heteroatoms. The van der Waals surface area contributed by atoms with E-state index in [1.807, 2.05) is 0 Å². The van der Waals surface area contributed by atoms with Crippen molar-refractivity contribution < 1.29 is 14.8 Å². The Hall–Kier alpha value is -1.96. The summed E-state index contributed by atoms with van der Waals surface area (Å²) in [7, 11) is 0. The molecule has 2 rings (SSSR count). The highest BCUT2D eigenvalue weighted by atomic mass is 16.6. The van der Waals surface area contributed by atoms with Gasteiger partial charge >= 0.3 is 5.82 Å². The number of aliphatic hydroxyl groups is 1. The molecular weight excluding hydrogens is 252 g/mol. The standard InChI is InChI=1S/C11H16N4O4/c16-7-8-2-1-3-9(8)12-11(17)6-14-5-4-10(13-14)15(18)19/h4-5,8-9,16H,1-3,6-7H2,(H,12,17). The molecule has 2 unspecified atom stereocenters. The maximum absolute atomic E-state index is 11.8. The number of amides is 1. The second-order valence-corrected chi connectivity index (χ2v) is 4.68. The van der Waals surface area contributed by atoms with E-state index in [9.17, 15) is 14.9 Å². The third kappa shape index (κ3) is 3.28. The smallest absolute Gasteiger partial charge is 0.389 e. The molecule has 2 N–H and O–H groups in total. The number of hydrogen-bond donors (Lipinski definition) is 2. The number of carbonyl (C=O) groups is 1. The molecule has 1 aliphatic carbocycles. The van der Waals surface area contributed by atoms with Gasteiger partial charge in [0.2, 0.25) is 5.91 Å². The van der Waals surface area contributed by atoms with Gasteiger partial charge in [0.25, 0.3) is 0 Å². The van der Waals surface area contributed by atoms with E-state index in [4.69, 9.17) is 5.11 Å². The van der Waals surface area contributed by atoms with Gasteiger partial charge in [0.15, 0.2) is 0 Å². The number of carbonyl (C=O) groups excluding carboxylic acids is 1. The predicted molar refractivity (Wildman–Crippen MR) is 65.2 cm³/mol. The highest BCUT2D eigenvalue weighted by Crippen LogP contribution is 2.24. The quantitative estimate of drug-likeness (QED) is 0.580. The second-order valence-electron chi connectivity index (χ2n) is 4.68. The number of nitro groups is 1. The van der Waals surface area contributed by atoms with Crippen molar-refractivity contribution >= 4 is 11.7 Å². The predicted octanol–water partition coefficient (Wildman–Crippen LogP) is 0.0685. The molecule has 1 fully saturated rings. The van der Waals surface area contributed by atoms with Crippen molar-refractivity contribution in [2.75, 3.05) is 6.61 Å². The fourth-order valence-electron chi connectivity index (χ4n) is 2.38. The third-order valence-electron chi connectivity index (χ3n) is 3.36. The van der Waals surface area contributed by atoms with Crippen LogP contribution in [0.25, 0.3) is 0 Å². The number of rotatable bonds is 5. The largest absolute Gasteiger partial charge is 0.396 e. The Morgan fingerprint density at radius 1 is 1.63 bits per heavy atom. The van der Waals surface area contributed by atoms with Crippen LogP contribution >= 0.6 is 0 Å². The highest BCUT2D eigenvalue weighted by Gasteiger charge is 2.28. The van der Waals surface area contributed by atoms with Crippen LogP contribution in [0, 0.1) is 16.0 Å². The minimum atomic E-state index is -0.604. The van der Waals surface area contributed by atoms with Crippen molar-refractivity contribution in [1.82, 2.24) is 15.1 Å². The zero-order chi connectivity index (χ0) is 13.8. The van der Waals surface area contributed by atoms with Gasteiger partial charge in [0.05, 0.1) is 17.4 Å². The molecule has 0 bridgehead atoms. The summed E-state index contributed by atoms with van der Waals surface area (Å²) in [4.78, 5) is 21.6. The number of aromatic nitrogens is 2. The van der Waals surface area contributed by atoms with Crippen LogP contribution in [0.3, 0.4) is 0 Å². The second kappa shape index (κ2) is 5.79. The van der Waals surface area contributed by atoms with E-state index in [-0.39, 0.29) is 36.8 Å². The molecule has 0 radical (unpaired) electrons. The molecule has 1 saturated carbocycles. The van der Waals surface area contributed by atoms with Gasteiger partial charge in [0, 0.05) is 18.6 Å². The van der Waals surface area contributed by atoms with Crippen LogP contribution in [-0.2, 0) is 11.3 Å². The van der Waals surface area contributed by atoms with Crippen molar-refractivity contribution in [3.63, 3.8) is 0 Å². The van der Waals surface area contributed by atoms with Crippen LogP contribution in [0.15, 0.2) is 12.3 Å². The summed E-state index contributed by atoms with van der Waals surface area (Å²) in [5, 5.41) is 26.1. The maximum Gasteiger partial charge on any atom is 0.389 e. The van der Waals surface area contributed by atoms with Crippen molar-refractivity contribution in [1.29, 1.82) is 0 Å². The minimum Gasteiger partial charge on any atom is -0.396 e. The van der Waals surface area contributed by atoms with Gasteiger partial charge in [-0.3, -0.25) is 4.79 Å². The first kappa shape index (κ1) is 13.5. The monoisotopic (exact) mass is 268 g/mol. The average molecular weight is 268 g/mol. The Morgan fingerprint density at radius 2 is 2.42 bits per heavy atom. The van der Waals surface area contributed by atoms with Crippen LogP contribution in [0.2, 0.25) is 0 Å². The molecule has 0 saturated heterocycles.